The van der Waals surface area contributed by atoms with Crippen LogP contribution in [0.3, 0.4) is 0 Å². The number of hydrogen-bond acceptors (Lipinski definition) is 5. The van der Waals surface area contributed by atoms with Gasteiger partial charge in [-0.15, -0.1) is 0 Å². The van der Waals surface area contributed by atoms with Crippen molar-refractivity contribution >= 4 is 17.7 Å². The quantitative estimate of drug-likeness (QED) is 0.533. The van der Waals surface area contributed by atoms with E-state index < -0.39 is 0 Å². The lowest BCUT2D eigenvalue weighted by Crippen LogP contribution is -2.43. The van der Waals surface area contributed by atoms with Crippen LogP contribution in [-0.2, 0) is 6.54 Å². The van der Waals surface area contributed by atoms with E-state index in [1.807, 2.05) is 23.9 Å². The molecule has 1 aliphatic heterocycles. The Kier molecular flexibility index (Phi) is 7.75. The molecule has 1 unspecified atom stereocenters. The number of aliphatic imine (C=N–C) groups is 1. The van der Waals surface area contributed by atoms with Gasteiger partial charge in [0.1, 0.15) is 0 Å². The summed E-state index contributed by atoms with van der Waals surface area (Å²) in [6.07, 6.45) is 2.53. The molecule has 1 aliphatic rings. The Bertz CT molecular complexity index is 616. The van der Waals surface area contributed by atoms with Gasteiger partial charge in [0.15, 0.2) is 17.5 Å². The van der Waals surface area contributed by atoms with Gasteiger partial charge in [-0.25, -0.2) is 4.99 Å². The van der Waals surface area contributed by atoms with Crippen molar-refractivity contribution in [3.63, 3.8) is 0 Å². The summed E-state index contributed by atoms with van der Waals surface area (Å²) in [5.41, 5.74) is 0.948. The van der Waals surface area contributed by atoms with Crippen molar-refractivity contribution in [2.24, 2.45) is 4.99 Å². The van der Waals surface area contributed by atoms with Crippen molar-refractivity contribution in [2.45, 2.75) is 38.0 Å². The van der Waals surface area contributed by atoms with Crippen molar-refractivity contribution in [1.82, 2.24) is 10.6 Å². The van der Waals surface area contributed by atoms with E-state index in [2.05, 4.69) is 24.5 Å². The minimum Gasteiger partial charge on any atom is -0.493 e. The first kappa shape index (κ1) is 20.6. The monoisotopic (exact) mass is 381 g/mol. The average Bonchev–Trinajstić information content (AvgIpc) is 3.09. The molecule has 0 aromatic heterocycles. The molecule has 1 saturated heterocycles. The first-order valence-corrected chi connectivity index (χ1v) is 9.99. The predicted octanol–water partition coefficient (Wildman–Crippen LogP) is 3.05. The van der Waals surface area contributed by atoms with Gasteiger partial charge in [-0.2, -0.15) is 11.8 Å². The van der Waals surface area contributed by atoms with E-state index in [1.54, 1.807) is 21.3 Å². The maximum Gasteiger partial charge on any atom is 0.203 e. The van der Waals surface area contributed by atoms with Crippen LogP contribution in [0.4, 0.5) is 0 Å². The molecular weight excluding hydrogens is 350 g/mol. The Labute approximate surface area is 161 Å². The number of ether oxygens (including phenoxy) is 3. The summed E-state index contributed by atoms with van der Waals surface area (Å²) in [6, 6.07) is 3.84. The molecule has 2 rings (SSSR count). The lowest BCUT2D eigenvalue weighted by Gasteiger charge is -2.24. The van der Waals surface area contributed by atoms with Crippen LogP contribution < -0.4 is 24.8 Å². The van der Waals surface area contributed by atoms with Crippen LogP contribution in [0.15, 0.2) is 17.1 Å². The third kappa shape index (κ3) is 5.13. The van der Waals surface area contributed by atoms with Gasteiger partial charge in [-0.3, -0.25) is 0 Å². The topological polar surface area (TPSA) is 64.1 Å². The Morgan fingerprint density at radius 3 is 2.50 bits per heavy atom. The molecule has 0 bridgehead atoms. The van der Waals surface area contributed by atoms with E-state index in [-0.39, 0.29) is 4.75 Å². The molecule has 1 aromatic rings. The number of nitrogens with zero attached hydrogens (tertiary/aromatic N) is 1. The van der Waals surface area contributed by atoms with E-state index in [1.165, 1.54) is 18.6 Å². The molecule has 0 radical (unpaired) electrons. The third-order valence-electron chi connectivity index (χ3n) is 4.47. The highest BCUT2D eigenvalue weighted by Crippen LogP contribution is 2.40. The van der Waals surface area contributed by atoms with Gasteiger partial charge >= 0.3 is 0 Å². The van der Waals surface area contributed by atoms with Crippen LogP contribution in [0.2, 0.25) is 0 Å². The molecule has 1 atom stereocenters. The summed E-state index contributed by atoms with van der Waals surface area (Å²) in [7, 11) is 4.86. The largest absolute Gasteiger partial charge is 0.493 e. The third-order valence-corrected chi connectivity index (χ3v) is 6.01. The van der Waals surface area contributed by atoms with Crippen molar-refractivity contribution in [2.75, 3.05) is 40.2 Å². The molecule has 1 fully saturated rings. The first-order chi connectivity index (χ1) is 12.6. The second-order valence-corrected chi connectivity index (χ2v) is 8.13. The summed E-state index contributed by atoms with van der Waals surface area (Å²) < 4.78 is 16.6. The van der Waals surface area contributed by atoms with E-state index in [9.17, 15) is 0 Å². The minimum atomic E-state index is 0.289. The molecule has 2 N–H and O–H groups in total. The van der Waals surface area contributed by atoms with E-state index >= 15 is 0 Å². The molecule has 7 heteroatoms. The predicted molar refractivity (Wildman–Crippen MR) is 109 cm³/mol. The summed E-state index contributed by atoms with van der Waals surface area (Å²) in [5.74, 6) is 3.96. The zero-order chi connectivity index (χ0) is 19.0. The lowest BCUT2D eigenvalue weighted by molar-refractivity contribution is 0.322. The normalized spacial score (nSPS) is 20.0. The molecule has 1 heterocycles. The Morgan fingerprint density at radius 2 is 1.92 bits per heavy atom. The zero-order valence-electron chi connectivity index (χ0n) is 16.5. The number of thioether (sulfide) groups is 1. The van der Waals surface area contributed by atoms with Crippen LogP contribution in [0, 0.1) is 0 Å². The van der Waals surface area contributed by atoms with Gasteiger partial charge in [0.05, 0.1) is 27.9 Å². The molecular formula is C19H31N3O3S. The maximum atomic E-state index is 5.54. The Morgan fingerprint density at radius 1 is 1.15 bits per heavy atom. The maximum absolute atomic E-state index is 5.54. The molecule has 0 aliphatic carbocycles. The molecule has 6 nitrogen and oxygen atoms in total. The summed E-state index contributed by atoms with van der Waals surface area (Å²) in [4.78, 5) is 4.72. The molecule has 146 valence electrons. The fourth-order valence-electron chi connectivity index (χ4n) is 3.04. The number of rotatable bonds is 8. The fraction of sp³-hybridized carbons (Fsp3) is 0.632. The van der Waals surface area contributed by atoms with Crippen LogP contribution in [0.5, 0.6) is 17.2 Å². The number of hydrogen-bond donors (Lipinski definition) is 2. The highest BCUT2D eigenvalue weighted by Gasteiger charge is 2.29. The van der Waals surface area contributed by atoms with Crippen LogP contribution in [0.25, 0.3) is 0 Å². The molecule has 0 spiro atoms. The van der Waals surface area contributed by atoms with E-state index in [4.69, 9.17) is 19.2 Å². The molecule has 0 saturated carbocycles. The summed E-state index contributed by atoms with van der Waals surface area (Å²) in [5, 5.41) is 6.80. The number of methoxy groups -OCH3 is 3. The Balaban J connectivity index is 2.13. The van der Waals surface area contributed by atoms with E-state index in [0.29, 0.717) is 23.8 Å². The first-order valence-electron chi connectivity index (χ1n) is 9.01. The zero-order valence-corrected chi connectivity index (χ0v) is 17.3. The highest BCUT2D eigenvalue weighted by atomic mass is 32.2. The number of guanidine groups is 1. The van der Waals surface area contributed by atoms with Gasteiger partial charge in [-0.05, 0) is 44.6 Å². The van der Waals surface area contributed by atoms with Gasteiger partial charge in [0.25, 0.3) is 0 Å². The highest BCUT2D eigenvalue weighted by molar-refractivity contribution is 8.00. The van der Waals surface area contributed by atoms with Crippen molar-refractivity contribution in [3.05, 3.63) is 17.7 Å². The second kappa shape index (κ2) is 9.80. The average molecular weight is 382 g/mol. The van der Waals surface area contributed by atoms with Crippen LogP contribution in [-0.4, -0.2) is 50.9 Å². The number of benzene rings is 1. The summed E-state index contributed by atoms with van der Waals surface area (Å²) in [6.45, 7) is 6.60. The van der Waals surface area contributed by atoms with Crippen LogP contribution in [0.1, 0.15) is 32.3 Å². The molecule has 1 aromatic carbocycles. The van der Waals surface area contributed by atoms with Gasteiger partial charge in [0, 0.05) is 23.4 Å². The van der Waals surface area contributed by atoms with Gasteiger partial charge < -0.3 is 24.8 Å². The number of nitrogens with one attached hydrogen (secondary N) is 2. The van der Waals surface area contributed by atoms with Crippen molar-refractivity contribution < 1.29 is 14.2 Å². The van der Waals surface area contributed by atoms with Crippen molar-refractivity contribution in [1.29, 1.82) is 0 Å². The Hall–Kier alpha value is -1.76. The minimum absolute atomic E-state index is 0.289. The fourth-order valence-corrected chi connectivity index (χ4v) is 4.29. The van der Waals surface area contributed by atoms with E-state index in [0.717, 1.165) is 24.6 Å². The lowest BCUT2D eigenvalue weighted by atomic mass is 10.1. The van der Waals surface area contributed by atoms with Gasteiger partial charge in [-0.1, -0.05) is 0 Å². The SMILES string of the molecule is CCNC(=NCc1ccc(OC)c(OC)c1OC)NCC1(C)CCCS1. The second-order valence-electron chi connectivity index (χ2n) is 6.44. The molecule has 0 amide bonds. The van der Waals surface area contributed by atoms with Crippen LogP contribution >= 0.6 is 11.8 Å². The smallest absolute Gasteiger partial charge is 0.203 e. The molecule has 26 heavy (non-hydrogen) atoms. The standard InChI is InChI=1S/C19H31N3O3S/c1-6-20-18(22-13-19(2)10-7-11-26-19)21-12-14-8-9-15(23-3)17(25-5)16(14)24-4/h8-9H,6-7,10-13H2,1-5H3,(H2,20,21,22). The summed E-state index contributed by atoms with van der Waals surface area (Å²) >= 11 is 2.04. The van der Waals surface area contributed by atoms with Crippen molar-refractivity contribution in [3.8, 4) is 17.2 Å². The van der Waals surface area contributed by atoms with Gasteiger partial charge in [0.2, 0.25) is 5.75 Å².